The predicted molar refractivity (Wildman–Crippen MR) is 93.2 cm³/mol. The lowest BCUT2D eigenvalue weighted by Gasteiger charge is -2.10. The Morgan fingerprint density at radius 1 is 1.12 bits per heavy atom. The van der Waals surface area contributed by atoms with E-state index in [2.05, 4.69) is 10.3 Å². The molecule has 2 heterocycles. The molecule has 0 amide bonds. The van der Waals surface area contributed by atoms with Crippen LogP contribution in [-0.2, 0) is 6.54 Å². The maximum Gasteiger partial charge on any atom is 0.231 e. The molecule has 6 heteroatoms. The Morgan fingerprint density at radius 2 is 1.88 bits per heavy atom. The smallest absolute Gasteiger partial charge is 0.231 e. The van der Waals surface area contributed by atoms with Crippen molar-refractivity contribution in [3.05, 3.63) is 53.2 Å². The molecule has 0 atom stereocenters. The lowest BCUT2D eigenvalue weighted by molar-refractivity contribution is 0.174. The van der Waals surface area contributed by atoms with Crippen molar-refractivity contribution in [2.24, 2.45) is 0 Å². The van der Waals surface area contributed by atoms with Gasteiger partial charge in [0, 0.05) is 29.2 Å². The zero-order chi connectivity index (χ0) is 16.5. The molecule has 1 aliphatic heterocycles. The molecule has 0 aliphatic carbocycles. The third-order valence-corrected chi connectivity index (χ3v) is 4.24. The summed E-state index contributed by atoms with van der Waals surface area (Å²) in [6, 6.07) is 13.5. The second-order valence-corrected chi connectivity index (χ2v) is 5.78. The highest BCUT2D eigenvalue weighted by molar-refractivity contribution is 6.30. The summed E-state index contributed by atoms with van der Waals surface area (Å²) in [5.74, 6) is 2.26. The summed E-state index contributed by atoms with van der Waals surface area (Å²) < 4.78 is 15.9. The third-order valence-electron chi connectivity index (χ3n) is 3.91. The van der Waals surface area contributed by atoms with Crippen LogP contribution in [-0.4, -0.2) is 18.9 Å². The van der Waals surface area contributed by atoms with E-state index in [4.69, 9.17) is 25.8 Å². The Hall–Kier alpha value is -2.66. The highest BCUT2D eigenvalue weighted by Crippen LogP contribution is 2.36. The highest BCUT2D eigenvalue weighted by Gasteiger charge is 2.16. The van der Waals surface area contributed by atoms with Crippen molar-refractivity contribution in [3.63, 3.8) is 0 Å². The van der Waals surface area contributed by atoms with Crippen LogP contribution in [0.2, 0.25) is 5.15 Å². The van der Waals surface area contributed by atoms with Gasteiger partial charge in [0.25, 0.3) is 0 Å². The number of aromatic nitrogens is 1. The SMILES string of the molecule is COc1ccc(NCc2cc3cc4c(cc3nc2Cl)OCO4)cc1. The van der Waals surface area contributed by atoms with E-state index in [0.717, 1.165) is 33.7 Å². The predicted octanol–water partition coefficient (Wildman–Crippen LogP) is 4.24. The van der Waals surface area contributed by atoms with Gasteiger partial charge in [-0.2, -0.15) is 0 Å². The van der Waals surface area contributed by atoms with E-state index in [1.807, 2.05) is 42.5 Å². The third kappa shape index (κ3) is 2.78. The number of nitrogens with one attached hydrogen (secondary N) is 1. The molecule has 24 heavy (non-hydrogen) atoms. The molecule has 1 aromatic heterocycles. The first-order chi connectivity index (χ1) is 11.7. The van der Waals surface area contributed by atoms with Crippen molar-refractivity contribution in [2.75, 3.05) is 19.2 Å². The van der Waals surface area contributed by atoms with E-state index in [9.17, 15) is 0 Å². The van der Waals surface area contributed by atoms with Gasteiger partial charge in [-0.15, -0.1) is 0 Å². The Labute approximate surface area is 144 Å². The number of methoxy groups -OCH3 is 1. The minimum atomic E-state index is 0.241. The van der Waals surface area contributed by atoms with Gasteiger partial charge in [0.1, 0.15) is 10.9 Å². The minimum absolute atomic E-state index is 0.241. The molecule has 3 aromatic rings. The number of hydrogen-bond acceptors (Lipinski definition) is 5. The summed E-state index contributed by atoms with van der Waals surface area (Å²) in [6.07, 6.45) is 0. The molecule has 1 aliphatic rings. The van der Waals surface area contributed by atoms with Gasteiger partial charge in [0.05, 0.1) is 12.6 Å². The molecular formula is C18H15ClN2O3. The topological polar surface area (TPSA) is 52.6 Å². The first-order valence-electron chi connectivity index (χ1n) is 7.49. The van der Waals surface area contributed by atoms with Gasteiger partial charge in [0.2, 0.25) is 6.79 Å². The van der Waals surface area contributed by atoms with E-state index in [1.54, 1.807) is 7.11 Å². The Morgan fingerprint density at radius 3 is 2.62 bits per heavy atom. The van der Waals surface area contributed by atoms with Crippen LogP contribution >= 0.6 is 11.6 Å². The number of fused-ring (bicyclic) bond motifs is 2. The molecule has 5 nitrogen and oxygen atoms in total. The number of anilines is 1. The number of hydrogen-bond donors (Lipinski definition) is 1. The fourth-order valence-electron chi connectivity index (χ4n) is 2.61. The average Bonchev–Trinajstić information content (AvgIpc) is 3.05. The summed E-state index contributed by atoms with van der Waals surface area (Å²) in [7, 11) is 1.65. The van der Waals surface area contributed by atoms with Crippen molar-refractivity contribution in [3.8, 4) is 17.2 Å². The lowest BCUT2D eigenvalue weighted by Crippen LogP contribution is -2.01. The monoisotopic (exact) mass is 342 g/mol. The molecule has 0 saturated carbocycles. The fourth-order valence-corrected chi connectivity index (χ4v) is 2.83. The Balaban J connectivity index is 1.59. The van der Waals surface area contributed by atoms with Crippen LogP contribution in [0.3, 0.4) is 0 Å². The molecule has 0 saturated heterocycles. The number of benzene rings is 2. The first kappa shape index (κ1) is 14.9. The van der Waals surface area contributed by atoms with Crippen molar-refractivity contribution >= 4 is 28.2 Å². The molecule has 4 rings (SSSR count). The van der Waals surface area contributed by atoms with Crippen LogP contribution in [0.15, 0.2) is 42.5 Å². The van der Waals surface area contributed by atoms with Crippen molar-refractivity contribution < 1.29 is 14.2 Å². The molecule has 122 valence electrons. The largest absolute Gasteiger partial charge is 0.497 e. The summed E-state index contributed by atoms with van der Waals surface area (Å²) in [5, 5.41) is 4.78. The van der Waals surface area contributed by atoms with E-state index >= 15 is 0 Å². The standard InChI is InChI=1S/C18H15ClN2O3/c1-22-14-4-2-13(3-5-14)20-9-12-6-11-7-16-17(24-10-23-16)8-15(11)21-18(12)19/h2-8,20H,9-10H2,1H3. The van der Waals surface area contributed by atoms with Crippen molar-refractivity contribution in [2.45, 2.75) is 6.54 Å². The molecular weight excluding hydrogens is 328 g/mol. The highest BCUT2D eigenvalue weighted by atomic mass is 35.5. The average molecular weight is 343 g/mol. The van der Waals surface area contributed by atoms with Gasteiger partial charge < -0.3 is 19.5 Å². The van der Waals surface area contributed by atoms with Crippen LogP contribution in [0.5, 0.6) is 17.2 Å². The quantitative estimate of drug-likeness (QED) is 0.719. The number of ether oxygens (including phenoxy) is 3. The molecule has 0 unspecified atom stereocenters. The molecule has 0 radical (unpaired) electrons. The van der Waals surface area contributed by atoms with Gasteiger partial charge in [-0.3, -0.25) is 0 Å². The first-order valence-corrected chi connectivity index (χ1v) is 7.87. The van der Waals surface area contributed by atoms with Gasteiger partial charge >= 0.3 is 0 Å². The zero-order valence-corrected chi connectivity index (χ0v) is 13.8. The number of rotatable bonds is 4. The van der Waals surface area contributed by atoms with Crippen LogP contribution in [0, 0.1) is 0 Å². The van der Waals surface area contributed by atoms with Gasteiger partial charge in [-0.05, 0) is 36.4 Å². The van der Waals surface area contributed by atoms with E-state index in [1.165, 1.54) is 0 Å². The van der Waals surface area contributed by atoms with Gasteiger partial charge in [0.15, 0.2) is 11.5 Å². The molecule has 0 spiro atoms. The minimum Gasteiger partial charge on any atom is -0.497 e. The van der Waals surface area contributed by atoms with Crippen LogP contribution < -0.4 is 19.5 Å². The zero-order valence-electron chi connectivity index (χ0n) is 13.0. The van der Waals surface area contributed by atoms with Crippen molar-refractivity contribution in [1.29, 1.82) is 0 Å². The summed E-state index contributed by atoms with van der Waals surface area (Å²) in [4.78, 5) is 4.46. The molecule has 1 N–H and O–H groups in total. The van der Waals surface area contributed by atoms with Crippen LogP contribution in [0.1, 0.15) is 5.56 Å². The van der Waals surface area contributed by atoms with E-state index < -0.39 is 0 Å². The lowest BCUT2D eigenvalue weighted by atomic mass is 10.1. The molecule has 0 bridgehead atoms. The van der Waals surface area contributed by atoms with E-state index in [-0.39, 0.29) is 6.79 Å². The second-order valence-electron chi connectivity index (χ2n) is 5.42. The molecule has 2 aromatic carbocycles. The maximum absolute atomic E-state index is 6.32. The number of nitrogens with zero attached hydrogens (tertiary/aromatic N) is 1. The normalized spacial score (nSPS) is 12.4. The van der Waals surface area contributed by atoms with Crippen molar-refractivity contribution in [1.82, 2.24) is 4.98 Å². The van der Waals surface area contributed by atoms with Crippen LogP contribution in [0.4, 0.5) is 5.69 Å². The van der Waals surface area contributed by atoms with E-state index in [0.29, 0.717) is 17.4 Å². The second kappa shape index (κ2) is 6.09. The Kier molecular flexibility index (Phi) is 3.78. The number of pyridine rings is 1. The fraction of sp³-hybridized carbons (Fsp3) is 0.167. The Bertz CT molecular complexity index is 897. The van der Waals surface area contributed by atoms with Gasteiger partial charge in [-0.25, -0.2) is 4.98 Å². The summed E-state index contributed by atoms with van der Waals surface area (Å²) in [6.45, 7) is 0.813. The van der Waals surface area contributed by atoms with Crippen LogP contribution in [0.25, 0.3) is 10.9 Å². The summed E-state index contributed by atoms with van der Waals surface area (Å²) >= 11 is 6.32. The maximum atomic E-state index is 6.32. The number of halogens is 1. The molecule has 0 fully saturated rings. The summed E-state index contributed by atoms with van der Waals surface area (Å²) in [5.41, 5.74) is 2.69. The van der Waals surface area contributed by atoms with Gasteiger partial charge in [-0.1, -0.05) is 11.6 Å².